The van der Waals surface area contributed by atoms with Gasteiger partial charge in [-0.05, 0) is 30.3 Å². The molecule has 2 heterocycles. The molecule has 0 atom stereocenters. The molecule has 0 spiro atoms. The number of anilines is 1. The van der Waals surface area contributed by atoms with Gasteiger partial charge in [0, 0.05) is 5.69 Å². The van der Waals surface area contributed by atoms with E-state index in [1.165, 1.54) is 0 Å². The maximum absolute atomic E-state index is 12.7. The van der Waals surface area contributed by atoms with Crippen molar-refractivity contribution in [1.82, 2.24) is 9.97 Å². The minimum Gasteiger partial charge on any atom is -0.454 e. The summed E-state index contributed by atoms with van der Waals surface area (Å²) in [4.78, 5) is 18.7. The second kappa shape index (κ2) is 5.48. The summed E-state index contributed by atoms with van der Waals surface area (Å²) in [6.07, 6.45) is -2.68. The van der Waals surface area contributed by atoms with Gasteiger partial charge in [0.2, 0.25) is 6.79 Å². The minimum atomic E-state index is -2.68. The number of fused-ring (bicyclic) bond motifs is 2. The number of aromatic amines is 1. The van der Waals surface area contributed by atoms with Gasteiger partial charge in [-0.15, -0.1) is 0 Å². The third-order valence-electron chi connectivity index (χ3n) is 3.61. The minimum absolute atomic E-state index is 0.0656. The van der Waals surface area contributed by atoms with Crippen LogP contribution in [0.4, 0.5) is 14.5 Å². The van der Waals surface area contributed by atoms with Crippen molar-refractivity contribution in [3.8, 4) is 11.5 Å². The number of benzene rings is 2. The zero-order valence-corrected chi connectivity index (χ0v) is 12.2. The molecule has 0 saturated heterocycles. The number of carbonyl (C=O) groups is 1. The zero-order chi connectivity index (χ0) is 16.7. The molecule has 1 aromatic heterocycles. The average molecular weight is 331 g/mol. The van der Waals surface area contributed by atoms with Crippen LogP contribution in [0.3, 0.4) is 0 Å². The van der Waals surface area contributed by atoms with E-state index in [-0.39, 0.29) is 12.7 Å². The molecular weight excluding hydrogens is 320 g/mol. The van der Waals surface area contributed by atoms with Gasteiger partial charge in [0.05, 0.1) is 16.6 Å². The van der Waals surface area contributed by atoms with Crippen molar-refractivity contribution in [2.75, 3.05) is 12.1 Å². The molecule has 0 unspecified atom stereocenters. The van der Waals surface area contributed by atoms with Gasteiger partial charge in [-0.2, -0.15) is 0 Å². The Kier molecular flexibility index (Phi) is 3.30. The standard InChI is InChI=1S/C16H11F2N3O3/c17-14(18)15-20-10-5-4-8(6-11(10)21-15)19-16(22)9-2-1-3-12-13(9)24-7-23-12/h1-6,14H,7H2,(H,19,22)(H,20,21). The molecule has 4 rings (SSSR count). The molecule has 0 fully saturated rings. The molecule has 6 nitrogen and oxygen atoms in total. The van der Waals surface area contributed by atoms with Crippen LogP contribution in [0.15, 0.2) is 36.4 Å². The Morgan fingerprint density at radius 2 is 2.12 bits per heavy atom. The van der Waals surface area contributed by atoms with E-state index in [9.17, 15) is 13.6 Å². The SMILES string of the molecule is O=C(Nc1ccc2nc(C(F)F)[nH]c2c1)c1cccc2c1OCO2. The highest BCUT2D eigenvalue weighted by Crippen LogP contribution is 2.35. The number of halogens is 2. The van der Waals surface area contributed by atoms with Crippen LogP contribution in [0.1, 0.15) is 22.6 Å². The Balaban J connectivity index is 1.62. The van der Waals surface area contributed by atoms with Gasteiger partial charge in [-0.3, -0.25) is 4.79 Å². The van der Waals surface area contributed by atoms with E-state index >= 15 is 0 Å². The number of ether oxygens (including phenoxy) is 2. The molecule has 0 aliphatic carbocycles. The van der Waals surface area contributed by atoms with E-state index in [1.807, 2.05) is 0 Å². The first kappa shape index (κ1) is 14.4. The fourth-order valence-electron chi connectivity index (χ4n) is 2.52. The molecule has 1 amide bonds. The lowest BCUT2D eigenvalue weighted by Gasteiger charge is -2.07. The molecule has 0 bridgehead atoms. The average Bonchev–Trinajstić information content (AvgIpc) is 3.20. The van der Waals surface area contributed by atoms with E-state index in [0.29, 0.717) is 33.8 Å². The van der Waals surface area contributed by atoms with Crippen LogP contribution in [-0.4, -0.2) is 22.7 Å². The third kappa shape index (κ3) is 2.41. The summed E-state index contributed by atoms with van der Waals surface area (Å²) in [5, 5.41) is 2.71. The highest BCUT2D eigenvalue weighted by atomic mass is 19.3. The molecule has 1 aliphatic rings. The molecule has 2 N–H and O–H groups in total. The van der Waals surface area contributed by atoms with Gasteiger partial charge in [-0.25, -0.2) is 13.8 Å². The lowest BCUT2D eigenvalue weighted by Crippen LogP contribution is -2.12. The number of alkyl halides is 2. The van der Waals surface area contributed by atoms with Gasteiger partial charge in [-0.1, -0.05) is 6.07 Å². The molecule has 24 heavy (non-hydrogen) atoms. The Morgan fingerprint density at radius 1 is 1.25 bits per heavy atom. The maximum Gasteiger partial charge on any atom is 0.295 e. The van der Waals surface area contributed by atoms with Crippen molar-refractivity contribution in [2.45, 2.75) is 6.43 Å². The number of H-pyrrole nitrogens is 1. The van der Waals surface area contributed by atoms with Gasteiger partial charge < -0.3 is 19.8 Å². The normalized spacial score (nSPS) is 12.8. The van der Waals surface area contributed by atoms with Gasteiger partial charge in [0.25, 0.3) is 12.3 Å². The van der Waals surface area contributed by atoms with Crippen LogP contribution in [0.2, 0.25) is 0 Å². The first-order chi connectivity index (χ1) is 11.6. The topological polar surface area (TPSA) is 76.2 Å². The van der Waals surface area contributed by atoms with Crippen LogP contribution in [0.5, 0.6) is 11.5 Å². The van der Waals surface area contributed by atoms with Crippen molar-refractivity contribution in [2.24, 2.45) is 0 Å². The second-order valence-electron chi connectivity index (χ2n) is 5.15. The van der Waals surface area contributed by atoms with Gasteiger partial charge >= 0.3 is 0 Å². The number of rotatable bonds is 3. The van der Waals surface area contributed by atoms with E-state index in [2.05, 4.69) is 15.3 Å². The summed E-state index contributed by atoms with van der Waals surface area (Å²) >= 11 is 0. The molecule has 0 radical (unpaired) electrons. The molecule has 3 aromatic rings. The predicted octanol–water partition coefficient (Wildman–Crippen LogP) is 3.48. The van der Waals surface area contributed by atoms with Gasteiger partial charge in [0.15, 0.2) is 17.3 Å². The summed E-state index contributed by atoms with van der Waals surface area (Å²) in [6, 6.07) is 9.72. The lowest BCUT2D eigenvalue weighted by molar-refractivity contribution is 0.102. The number of hydrogen-bond donors (Lipinski definition) is 2. The Bertz CT molecular complexity index is 939. The van der Waals surface area contributed by atoms with Gasteiger partial charge in [0.1, 0.15) is 0 Å². The van der Waals surface area contributed by atoms with Crippen molar-refractivity contribution < 1.29 is 23.0 Å². The highest BCUT2D eigenvalue weighted by molar-refractivity contribution is 6.07. The number of hydrogen-bond acceptors (Lipinski definition) is 4. The molecule has 1 aliphatic heterocycles. The highest BCUT2D eigenvalue weighted by Gasteiger charge is 2.22. The zero-order valence-electron chi connectivity index (χ0n) is 12.2. The first-order valence-electron chi connectivity index (χ1n) is 7.09. The number of aromatic nitrogens is 2. The predicted molar refractivity (Wildman–Crippen MR) is 81.6 cm³/mol. The Morgan fingerprint density at radius 3 is 2.96 bits per heavy atom. The Hall–Kier alpha value is -3.16. The quantitative estimate of drug-likeness (QED) is 0.770. The molecular formula is C16H11F2N3O3. The van der Waals surface area contributed by atoms with E-state index < -0.39 is 12.2 Å². The third-order valence-corrected chi connectivity index (χ3v) is 3.61. The molecule has 122 valence electrons. The number of nitrogens with one attached hydrogen (secondary N) is 2. The summed E-state index contributed by atoms with van der Waals surface area (Å²) in [6.45, 7) is 0.0656. The molecule has 0 saturated carbocycles. The number of imidazole rings is 1. The largest absolute Gasteiger partial charge is 0.454 e. The van der Waals surface area contributed by atoms with Crippen molar-refractivity contribution in [1.29, 1.82) is 0 Å². The van der Waals surface area contributed by atoms with Crippen LogP contribution in [0.25, 0.3) is 11.0 Å². The van der Waals surface area contributed by atoms with Crippen LogP contribution in [0, 0.1) is 0 Å². The number of para-hydroxylation sites is 1. The molecule has 8 heteroatoms. The summed E-state index contributed by atoms with van der Waals surface area (Å²) in [5.41, 5.74) is 1.61. The van der Waals surface area contributed by atoms with Crippen LogP contribution < -0.4 is 14.8 Å². The summed E-state index contributed by atoms with van der Waals surface area (Å²) in [5.74, 6) is 0.107. The molecule has 2 aromatic carbocycles. The number of amides is 1. The summed E-state index contributed by atoms with van der Waals surface area (Å²) < 4.78 is 35.9. The fourth-order valence-corrected chi connectivity index (χ4v) is 2.52. The second-order valence-corrected chi connectivity index (χ2v) is 5.15. The smallest absolute Gasteiger partial charge is 0.295 e. The lowest BCUT2D eigenvalue weighted by atomic mass is 10.1. The number of nitrogens with zero attached hydrogens (tertiary/aromatic N) is 1. The van der Waals surface area contributed by atoms with E-state index in [1.54, 1.807) is 36.4 Å². The van der Waals surface area contributed by atoms with E-state index in [4.69, 9.17) is 9.47 Å². The van der Waals surface area contributed by atoms with Crippen molar-refractivity contribution in [3.63, 3.8) is 0 Å². The fraction of sp³-hybridized carbons (Fsp3) is 0.125. The first-order valence-corrected chi connectivity index (χ1v) is 7.09. The van der Waals surface area contributed by atoms with Crippen molar-refractivity contribution in [3.05, 3.63) is 47.8 Å². The van der Waals surface area contributed by atoms with Crippen LogP contribution in [-0.2, 0) is 0 Å². The van der Waals surface area contributed by atoms with Crippen LogP contribution >= 0.6 is 0 Å². The van der Waals surface area contributed by atoms with E-state index in [0.717, 1.165) is 0 Å². The maximum atomic E-state index is 12.7. The summed E-state index contributed by atoms with van der Waals surface area (Å²) in [7, 11) is 0. The number of carbonyl (C=O) groups excluding carboxylic acids is 1. The Labute approximate surface area is 134 Å². The van der Waals surface area contributed by atoms with Crippen molar-refractivity contribution >= 4 is 22.6 Å². The monoisotopic (exact) mass is 331 g/mol.